The molecule has 1 atom stereocenters. The van der Waals surface area contributed by atoms with Crippen molar-refractivity contribution in [2.75, 3.05) is 18.0 Å². The number of ether oxygens (including phenoxy) is 1. The normalized spacial score (nSPS) is 17.3. The minimum atomic E-state index is -0.591. The summed E-state index contributed by atoms with van der Waals surface area (Å²) in [6, 6.07) is 8.50. The number of carbonyl (C=O) groups excluding carboxylic acids is 1. The number of amides is 1. The maximum atomic E-state index is 11.0. The van der Waals surface area contributed by atoms with Crippen LogP contribution in [-0.2, 0) is 0 Å². The first-order valence-electron chi connectivity index (χ1n) is 7.03. The average Bonchev–Trinajstić information content (AvgIpc) is 2.99. The summed E-state index contributed by atoms with van der Waals surface area (Å²) in [5.41, 5.74) is 5.30. The van der Waals surface area contributed by atoms with Gasteiger partial charge in [0.1, 0.15) is 11.9 Å². The number of halogens is 2. The third kappa shape index (κ3) is 3.65. The van der Waals surface area contributed by atoms with Crippen LogP contribution in [0.1, 0.15) is 16.9 Å². The smallest absolute Gasteiger partial charge is 0.269 e. The van der Waals surface area contributed by atoms with E-state index in [9.17, 15) is 4.79 Å². The molecule has 3 rings (SSSR count). The molecule has 1 unspecified atom stereocenters. The van der Waals surface area contributed by atoms with Gasteiger partial charge in [0, 0.05) is 19.0 Å². The van der Waals surface area contributed by atoms with Gasteiger partial charge in [-0.05, 0) is 24.3 Å². The number of aromatic nitrogens is 2. The molecule has 2 aromatic rings. The van der Waals surface area contributed by atoms with E-state index >= 15 is 0 Å². The molecular formula is C15H14Cl2N4O2. The third-order valence-electron chi connectivity index (χ3n) is 3.57. The van der Waals surface area contributed by atoms with Gasteiger partial charge in [0.2, 0.25) is 0 Å². The maximum Gasteiger partial charge on any atom is 0.269 e. The highest BCUT2D eigenvalue weighted by atomic mass is 35.5. The molecule has 1 saturated heterocycles. The number of hydrogen-bond donors (Lipinski definition) is 1. The van der Waals surface area contributed by atoms with Crippen molar-refractivity contribution in [1.82, 2.24) is 10.2 Å². The zero-order valence-electron chi connectivity index (χ0n) is 12.1. The van der Waals surface area contributed by atoms with Gasteiger partial charge in [-0.3, -0.25) is 4.79 Å². The van der Waals surface area contributed by atoms with E-state index in [1.54, 1.807) is 30.3 Å². The van der Waals surface area contributed by atoms with Crippen LogP contribution in [0.3, 0.4) is 0 Å². The molecule has 2 heterocycles. The lowest BCUT2D eigenvalue weighted by Gasteiger charge is -2.17. The molecule has 0 radical (unpaired) electrons. The van der Waals surface area contributed by atoms with E-state index in [0.717, 1.165) is 13.0 Å². The first-order valence-corrected chi connectivity index (χ1v) is 7.79. The van der Waals surface area contributed by atoms with Gasteiger partial charge in [0.15, 0.2) is 11.5 Å². The topological polar surface area (TPSA) is 81.3 Å². The van der Waals surface area contributed by atoms with Crippen molar-refractivity contribution in [3.8, 4) is 5.75 Å². The van der Waals surface area contributed by atoms with Crippen LogP contribution >= 0.6 is 23.2 Å². The van der Waals surface area contributed by atoms with E-state index in [1.165, 1.54) is 0 Å². The Bertz CT molecular complexity index is 724. The predicted molar refractivity (Wildman–Crippen MR) is 88.3 cm³/mol. The number of carbonyl (C=O) groups is 1. The summed E-state index contributed by atoms with van der Waals surface area (Å²) in [5.74, 6) is 0.781. The van der Waals surface area contributed by atoms with E-state index < -0.39 is 5.91 Å². The van der Waals surface area contributed by atoms with Crippen LogP contribution in [0.2, 0.25) is 10.0 Å². The molecule has 120 valence electrons. The Labute approximate surface area is 143 Å². The predicted octanol–water partition coefficient (Wildman–Crippen LogP) is 2.54. The van der Waals surface area contributed by atoms with Gasteiger partial charge in [0.25, 0.3) is 5.91 Å². The Morgan fingerprint density at radius 3 is 2.70 bits per heavy atom. The fourth-order valence-corrected chi connectivity index (χ4v) is 2.69. The number of hydrogen-bond acceptors (Lipinski definition) is 5. The molecule has 0 aliphatic carbocycles. The highest BCUT2D eigenvalue weighted by Gasteiger charge is 2.25. The quantitative estimate of drug-likeness (QED) is 0.914. The molecule has 0 spiro atoms. The first-order chi connectivity index (χ1) is 11.0. The van der Waals surface area contributed by atoms with Crippen LogP contribution in [-0.4, -0.2) is 35.3 Å². The highest BCUT2D eigenvalue weighted by Crippen LogP contribution is 2.28. The molecule has 1 amide bonds. The molecule has 6 nitrogen and oxygen atoms in total. The van der Waals surface area contributed by atoms with Crippen molar-refractivity contribution in [2.45, 2.75) is 12.5 Å². The Balaban J connectivity index is 1.63. The second-order valence-electron chi connectivity index (χ2n) is 5.19. The first kappa shape index (κ1) is 15.8. The van der Waals surface area contributed by atoms with E-state index in [-0.39, 0.29) is 11.8 Å². The summed E-state index contributed by atoms with van der Waals surface area (Å²) in [5, 5.41) is 8.81. The molecule has 1 aromatic heterocycles. The lowest BCUT2D eigenvalue weighted by molar-refractivity contribution is 0.0994. The molecule has 1 aromatic carbocycles. The summed E-state index contributed by atoms with van der Waals surface area (Å²) in [7, 11) is 0. The van der Waals surface area contributed by atoms with Crippen LogP contribution < -0.4 is 15.4 Å². The van der Waals surface area contributed by atoms with E-state index in [4.69, 9.17) is 33.7 Å². The van der Waals surface area contributed by atoms with Gasteiger partial charge in [0.05, 0.1) is 16.6 Å². The van der Waals surface area contributed by atoms with E-state index in [1.807, 2.05) is 4.90 Å². The third-order valence-corrected chi connectivity index (χ3v) is 4.30. The van der Waals surface area contributed by atoms with E-state index in [2.05, 4.69) is 10.2 Å². The molecule has 0 saturated carbocycles. The summed E-state index contributed by atoms with van der Waals surface area (Å²) in [6.07, 6.45) is 0.865. The van der Waals surface area contributed by atoms with Crippen molar-refractivity contribution < 1.29 is 9.53 Å². The summed E-state index contributed by atoms with van der Waals surface area (Å²) in [4.78, 5) is 13.0. The molecular weight excluding hydrogens is 339 g/mol. The highest BCUT2D eigenvalue weighted by molar-refractivity contribution is 6.42. The SMILES string of the molecule is NC(=O)c1ccc(N2CCC(Oc3ccc(Cl)c(Cl)c3)C2)nn1. The molecule has 1 aliphatic rings. The van der Waals surface area contributed by atoms with Gasteiger partial charge in [-0.1, -0.05) is 23.2 Å². The Kier molecular flexibility index (Phi) is 4.54. The minimum Gasteiger partial charge on any atom is -0.488 e. The number of rotatable bonds is 4. The molecule has 1 fully saturated rings. The largest absolute Gasteiger partial charge is 0.488 e. The van der Waals surface area contributed by atoms with Crippen LogP contribution in [0.25, 0.3) is 0 Å². The number of anilines is 1. The Hall–Kier alpha value is -2.05. The second-order valence-corrected chi connectivity index (χ2v) is 6.01. The number of primary amides is 1. The summed E-state index contributed by atoms with van der Waals surface area (Å²) < 4.78 is 5.92. The van der Waals surface area contributed by atoms with Crippen molar-refractivity contribution in [3.05, 3.63) is 46.1 Å². The Morgan fingerprint density at radius 1 is 1.22 bits per heavy atom. The van der Waals surface area contributed by atoms with Crippen LogP contribution in [0, 0.1) is 0 Å². The van der Waals surface area contributed by atoms with Crippen LogP contribution in [0.15, 0.2) is 30.3 Å². The second kappa shape index (κ2) is 6.60. The van der Waals surface area contributed by atoms with Gasteiger partial charge in [-0.2, -0.15) is 0 Å². The zero-order chi connectivity index (χ0) is 16.4. The standard InChI is InChI=1S/C15H14Cl2N4O2/c16-11-2-1-9(7-12(11)17)23-10-5-6-21(8-10)14-4-3-13(15(18)22)19-20-14/h1-4,7,10H,5-6,8H2,(H2,18,22). The van der Waals surface area contributed by atoms with Gasteiger partial charge >= 0.3 is 0 Å². The number of benzene rings is 1. The lowest BCUT2D eigenvalue weighted by atomic mass is 10.3. The molecule has 8 heteroatoms. The summed E-state index contributed by atoms with van der Waals surface area (Å²) >= 11 is 11.9. The minimum absolute atomic E-state index is 0.0184. The zero-order valence-corrected chi connectivity index (χ0v) is 13.6. The molecule has 2 N–H and O–H groups in total. The molecule has 0 bridgehead atoms. The summed E-state index contributed by atoms with van der Waals surface area (Å²) in [6.45, 7) is 1.46. The average molecular weight is 353 g/mol. The number of nitrogens with zero attached hydrogens (tertiary/aromatic N) is 3. The van der Waals surface area contributed by atoms with Gasteiger partial charge < -0.3 is 15.4 Å². The fourth-order valence-electron chi connectivity index (χ4n) is 2.40. The van der Waals surface area contributed by atoms with Gasteiger partial charge in [-0.15, -0.1) is 10.2 Å². The van der Waals surface area contributed by atoms with Crippen molar-refractivity contribution >= 4 is 34.9 Å². The Morgan fingerprint density at radius 2 is 2.04 bits per heavy atom. The van der Waals surface area contributed by atoms with Crippen molar-refractivity contribution in [1.29, 1.82) is 0 Å². The molecule has 1 aliphatic heterocycles. The van der Waals surface area contributed by atoms with Crippen molar-refractivity contribution in [2.24, 2.45) is 5.73 Å². The molecule has 23 heavy (non-hydrogen) atoms. The monoisotopic (exact) mass is 352 g/mol. The fraction of sp³-hybridized carbons (Fsp3) is 0.267. The van der Waals surface area contributed by atoms with Gasteiger partial charge in [-0.25, -0.2) is 0 Å². The van der Waals surface area contributed by atoms with Crippen LogP contribution in [0.4, 0.5) is 5.82 Å². The number of nitrogens with two attached hydrogens (primary N) is 1. The lowest BCUT2D eigenvalue weighted by Crippen LogP contribution is -2.26. The van der Waals surface area contributed by atoms with Crippen molar-refractivity contribution in [3.63, 3.8) is 0 Å². The van der Waals surface area contributed by atoms with E-state index in [0.29, 0.717) is 28.2 Å². The maximum absolute atomic E-state index is 11.0. The van der Waals surface area contributed by atoms with Crippen LogP contribution in [0.5, 0.6) is 5.75 Å².